The van der Waals surface area contributed by atoms with Crippen molar-refractivity contribution in [1.82, 2.24) is 0 Å². The van der Waals surface area contributed by atoms with Crippen LogP contribution < -0.4 is 4.90 Å². The van der Waals surface area contributed by atoms with E-state index in [0.29, 0.717) is 0 Å². The van der Waals surface area contributed by atoms with Crippen LogP contribution in [0.15, 0.2) is 229 Å². The van der Waals surface area contributed by atoms with E-state index in [2.05, 4.69) is 223 Å². The fraction of sp³-hybridized carbons (Fsp3) is 0. The molecule has 0 unspecified atom stereocenters. The molecule has 2 heteroatoms. The number of rotatable bonds is 8. The number of furan rings is 1. The summed E-state index contributed by atoms with van der Waals surface area (Å²) in [5.74, 6) is 0. The summed E-state index contributed by atoms with van der Waals surface area (Å²) in [4.78, 5) is 2.36. The largest absolute Gasteiger partial charge is 0.455 e. The van der Waals surface area contributed by atoms with Crippen LogP contribution >= 0.6 is 0 Å². The Kier molecular flexibility index (Phi) is 8.55. The zero-order valence-electron chi connectivity index (χ0n) is 30.7. The average Bonchev–Trinajstić information content (AvgIpc) is 3.66. The minimum Gasteiger partial charge on any atom is -0.455 e. The van der Waals surface area contributed by atoms with Gasteiger partial charge in [-0.15, -0.1) is 0 Å². The number of hydrogen-bond acceptors (Lipinski definition) is 2. The number of anilines is 3. The summed E-state index contributed by atoms with van der Waals surface area (Å²) in [6.45, 7) is 0. The molecule has 0 N–H and O–H groups in total. The third-order valence-corrected chi connectivity index (χ3v) is 10.6. The molecule has 2 nitrogen and oxygen atoms in total. The van der Waals surface area contributed by atoms with Crippen molar-refractivity contribution >= 4 is 39.0 Å². The smallest absolute Gasteiger partial charge is 0.143 e. The first-order chi connectivity index (χ1) is 27.7. The van der Waals surface area contributed by atoms with E-state index in [1.807, 2.05) is 6.07 Å². The van der Waals surface area contributed by atoms with Gasteiger partial charge in [0.1, 0.15) is 11.2 Å². The van der Waals surface area contributed by atoms with E-state index in [-0.39, 0.29) is 0 Å². The number of fused-ring (bicyclic) bond motifs is 3. The van der Waals surface area contributed by atoms with Crippen molar-refractivity contribution in [2.24, 2.45) is 0 Å². The van der Waals surface area contributed by atoms with Gasteiger partial charge in [-0.3, -0.25) is 0 Å². The van der Waals surface area contributed by atoms with Gasteiger partial charge in [-0.05, 0) is 111 Å². The molecule has 10 rings (SSSR count). The van der Waals surface area contributed by atoms with Gasteiger partial charge in [-0.2, -0.15) is 0 Å². The number of nitrogens with zero attached hydrogens (tertiary/aromatic N) is 1. The maximum Gasteiger partial charge on any atom is 0.143 e. The highest BCUT2D eigenvalue weighted by atomic mass is 16.3. The van der Waals surface area contributed by atoms with Crippen LogP contribution in [0, 0.1) is 0 Å². The predicted molar refractivity (Wildman–Crippen MR) is 236 cm³/mol. The second-order valence-corrected chi connectivity index (χ2v) is 14.2. The Bertz CT molecular complexity index is 2860. The standard InChI is InChI=1S/C54H37NO/c1-4-15-38(16-5-1)44-23-13-25-48(34-44)55(49-26-14-24-45(35-49)39-17-6-2-7-18-39)47-31-29-40(30-32-47)42-21-12-22-43(33-42)46-36-51(41-19-8-3-9-20-41)54-52(37-46)50-27-10-11-28-53(50)56-54/h1-37H. The Balaban J connectivity index is 1.05. The molecule has 0 fully saturated rings. The van der Waals surface area contributed by atoms with E-state index in [1.54, 1.807) is 0 Å². The number of hydrogen-bond donors (Lipinski definition) is 0. The quantitative estimate of drug-likeness (QED) is 0.156. The van der Waals surface area contributed by atoms with E-state index in [1.165, 1.54) is 22.3 Å². The summed E-state index contributed by atoms with van der Waals surface area (Å²) < 4.78 is 6.47. The fourth-order valence-electron chi connectivity index (χ4n) is 7.86. The van der Waals surface area contributed by atoms with Crippen molar-refractivity contribution in [2.75, 3.05) is 4.90 Å². The van der Waals surface area contributed by atoms with Crippen LogP contribution in [0.2, 0.25) is 0 Å². The average molecular weight is 716 g/mol. The van der Waals surface area contributed by atoms with Gasteiger partial charge in [0.25, 0.3) is 0 Å². The fourth-order valence-corrected chi connectivity index (χ4v) is 7.86. The zero-order chi connectivity index (χ0) is 37.3. The van der Waals surface area contributed by atoms with Crippen molar-refractivity contribution in [3.8, 4) is 55.6 Å². The van der Waals surface area contributed by atoms with Crippen molar-refractivity contribution in [1.29, 1.82) is 0 Å². The lowest BCUT2D eigenvalue weighted by atomic mass is 9.94. The molecule has 0 aliphatic heterocycles. The maximum absolute atomic E-state index is 6.47. The third-order valence-electron chi connectivity index (χ3n) is 10.6. The second-order valence-electron chi connectivity index (χ2n) is 14.2. The number of para-hydroxylation sites is 1. The molecular weight excluding hydrogens is 679 g/mol. The molecule has 0 aliphatic carbocycles. The highest BCUT2D eigenvalue weighted by Gasteiger charge is 2.17. The molecule has 56 heavy (non-hydrogen) atoms. The molecule has 9 aromatic carbocycles. The van der Waals surface area contributed by atoms with Crippen molar-refractivity contribution in [2.45, 2.75) is 0 Å². The monoisotopic (exact) mass is 715 g/mol. The maximum atomic E-state index is 6.47. The van der Waals surface area contributed by atoms with Crippen molar-refractivity contribution in [3.63, 3.8) is 0 Å². The molecule has 1 aromatic heterocycles. The molecule has 0 spiro atoms. The molecule has 264 valence electrons. The predicted octanol–water partition coefficient (Wildman–Crippen LogP) is 15.4. The minimum absolute atomic E-state index is 0.901. The van der Waals surface area contributed by atoms with Gasteiger partial charge < -0.3 is 9.32 Å². The van der Waals surface area contributed by atoms with Gasteiger partial charge in [0.15, 0.2) is 0 Å². The Morgan fingerprint density at radius 2 is 0.732 bits per heavy atom. The summed E-state index contributed by atoms with van der Waals surface area (Å²) in [5, 5.41) is 2.25. The van der Waals surface area contributed by atoms with E-state index in [9.17, 15) is 0 Å². The summed E-state index contributed by atoms with van der Waals surface area (Å²) in [6, 6.07) is 80.0. The molecular formula is C54H37NO. The van der Waals surface area contributed by atoms with E-state index >= 15 is 0 Å². The summed E-state index contributed by atoms with van der Waals surface area (Å²) in [6.07, 6.45) is 0. The van der Waals surface area contributed by atoms with Gasteiger partial charge in [-0.25, -0.2) is 0 Å². The first kappa shape index (κ1) is 33.2. The summed E-state index contributed by atoms with van der Waals surface area (Å²) in [7, 11) is 0. The molecule has 0 atom stereocenters. The Morgan fingerprint density at radius 1 is 0.268 bits per heavy atom. The van der Waals surface area contributed by atoms with Crippen LogP contribution in [0.4, 0.5) is 17.1 Å². The van der Waals surface area contributed by atoms with Crippen LogP contribution in [0.25, 0.3) is 77.6 Å². The van der Waals surface area contributed by atoms with Crippen molar-refractivity contribution < 1.29 is 4.42 Å². The molecule has 0 aliphatic rings. The van der Waals surface area contributed by atoms with E-state index < -0.39 is 0 Å². The molecule has 0 amide bonds. The van der Waals surface area contributed by atoms with Crippen LogP contribution in [0.5, 0.6) is 0 Å². The Morgan fingerprint density at radius 3 is 1.34 bits per heavy atom. The van der Waals surface area contributed by atoms with Crippen LogP contribution in [-0.4, -0.2) is 0 Å². The van der Waals surface area contributed by atoms with Gasteiger partial charge in [-0.1, -0.05) is 164 Å². The third kappa shape index (κ3) is 6.34. The van der Waals surface area contributed by atoms with Gasteiger partial charge in [0.2, 0.25) is 0 Å². The van der Waals surface area contributed by atoms with E-state index in [4.69, 9.17) is 4.42 Å². The molecule has 0 saturated carbocycles. The first-order valence-electron chi connectivity index (χ1n) is 19.1. The molecule has 0 bridgehead atoms. The normalized spacial score (nSPS) is 11.2. The lowest BCUT2D eigenvalue weighted by Gasteiger charge is -2.27. The molecule has 10 aromatic rings. The van der Waals surface area contributed by atoms with Crippen molar-refractivity contribution in [3.05, 3.63) is 224 Å². The lowest BCUT2D eigenvalue weighted by Crippen LogP contribution is -2.10. The van der Waals surface area contributed by atoms with Crippen LogP contribution in [0.1, 0.15) is 0 Å². The van der Waals surface area contributed by atoms with Crippen LogP contribution in [-0.2, 0) is 0 Å². The minimum atomic E-state index is 0.901. The SMILES string of the molecule is c1ccc(-c2cccc(N(c3ccc(-c4cccc(-c5cc(-c6ccccc6)c6oc7ccccc7c6c5)c4)cc3)c3cccc(-c4ccccc4)c3)c2)cc1. The van der Waals surface area contributed by atoms with Crippen LogP contribution in [0.3, 0.4) is 0 Å². The zero-order valence-corrected chi connectivity index (χ0v) is 30.7. The first-order valence-corrected chi connectivity index (χ1v) is 19.1. The molecule has 0 radical (unpaired) electrons. The van der Waals surface area contributed by atoms with Gasteiger partial charge >= 0.3 is 0 Å². The lowest BCUT2D eigenvalue weighted by molar-refractivity contribution is 0.670. The van der Waals surface area contributed by atoms with Gasteiger partial charge in [0.05, 0.1) is 0 Å². The Hall–Kier alpha value is -7.42. The number of benzene rings is 9. The molecule has 0 saturated heterocycles. The van der Waals surface area contributed by atoms with Gasteiger partial charge in [0, 0.05) is 33.4 Å². The Labute approximate surface area is 327 Å². The second kappa shape index (κ2) is 14.4. The molecule has 1 heterocycles. The topological polar surface area (TPSA) is 16.4 Å². The summed E-state index contributed by atoms with van der Waals surface area (Å²) in [5.41, 5.74) is 16.7. The highest BCUT2D eigenvalue weighted by Crippen LogP contribution is 2.42. The summed E-state index contributed by atoms with van der Waals surface area (Å²) >= 11 is 0. The van der Waals surface area contributed by atoms with E-state index in [0.717, 1.165) is 72.4 Å². The highest BCUT2D eigenvalue weighted by molar-refractivity contribution is 6.11.